The van der Waals surface area contributed by atoms with Crippen LogP contribution in [0.15, 0.2) is 30.6 Å². The van der Waals surface area contributed by atoms with E-state index in [1.807, 2.05) is 28.9 Å². The van der Waals surface area contributed by atoms with Gasteiger partial charge in [-0.25, -0.2) is 9.67 Å². The van der Waals surface area contributed by atoms with Crippen molar-refractivity contribution < 1.29 is 4.79 Å². The fraction of sp³-hybridized carbons (Fsp3) is 0.357. The molecule has 0 fully saturated rings. The molecule has 2 aromatic rings. The van der Waals surface area contributed by atoms with Crippen molar-refractivity contribution >= 4 is 17.3 Å². The van der Waals surface area contributed by atoms with Gasteiger partial charge in [0, 0.05) is 24.3 Å². The van der Waals surface area contributed by atoms with Crippen molar-refractivity contribution in [2.75, 3.05) is 10.6 Å². The summed E-state index contributed by atoms with van der Waals surface area (Å²) >= 11 is 0. The smallest absolute Gasteiger partial charge is 0.221 e. The Morgan fingerprint density at radius 2 is 1.90 bits per heavy atom. The first-order valence-corrected chi connectivity index (χ1v) is 6.56. The van der Waals surface area contributed by atoms with Gasteiger partial charge in [0.15, 0.2) is 0 Å². The van der Waals surface area contributed by atoms with Crippen LogP contribution in [0.4, 0.5) is 11.4 Å². The fourth-order valence-electron chi connectivity index (χ4n) is 1.89. The molecule has 106 valence electrons. The van der Waals surface area contributed by atoms with Crippen LogP contribution in [0, 0.1) is 0 Å². The molecule has 6 heteroatoms. The minimum Gasteiger partial charge on any atom is -0.378 e. The first-order valence-electron chi connectivity index (χ1n) is 6.56. The molecule has 1 aromatic heterocycles. The van der Waals surface area contributed by atoms with Gasteiger partial charge in [0.1, 0.15) is 12.2 Å². The molecule has 0 saturated carbocycles. The molecule has 0 atom stereocenters. The van der Waals surface area contributed by atoms with Crippen molar-refractivity contribution in [3.8, 4) is 0 Å². The Morgan fingerprint density at radius 3 is 2.50 bits per heavy atom. The molecule has 1 heterocycles. The fourth-order valence-corrected chi connectivity index (χ4v) is 1.89. The number of hydrogen-bond donors (Lipinski definition) is 2. The van der Waals surface area contributed by atoms with Crippen LogP contribution in [-0.4, -0.2) is 20.7 Å². The van der Waals surface area contributed by atoms with Gasteiger partial charge in [0.05, 0.1) is 6.54 Å². The second-order valence-corrected chi connectivity index (χ2v) is 4.83. The van der Waals surface area contributed by atoms with E-state index < -0.39 is 0 Å². The molecule has 0 spiro atoms. The predicted octanol–water partition coefficient (Wildman–Crippen LogP) is 2.43. The van der Waals surface area contributed by atoms with E-state index in [1.165, 1.54) is 6.92 Å². The van der Waals surface area contributed by atoms with Gasteiger partial charge in [0.2, 0.25) is 5.91 Å². The molecular formula is C14H19N5O. The molecule has 0 radical (unpaired) electrons. The predicted molar refractivity (Wildman–Crippen MR) is 78.5 cm³/mol. The van der Waals surface area contributed by atoms with Gasteiger partial charge < -0.3 is 10.6 Å². The van der Waals surface area contributed by atoms with Crippen molar-refractivity contribution in [3.63, 3.8) is 0 Å². The Hall–Kier alpha value is -2.37. The van der Waals surface area contributed by atoms with Crippen molar-refractivity contribution in [2.24, 2.45) is 0 Å². The van der Waals surface area contributed by atoms with Gasteiger partial charge in [-0.05, 0) is 38.1 Å². The first-order chi connectivity index (χ1) is 9.56. The highest BCUT2D eigenvalue weighted by Gasteiger charge is 2.06. The average molecular weight is 273 g/mol. The molecule has 1 aromatic carbocycles. The topological polar surface area (TPSA) is 71.8 Å². The maximum Gasteiger partial charge on any atom is 0.221 e. The van der Waals surface area contributed by atoms with E-state index in [2.05, 4.69) is 34.6 Å². The normalized spacial score (nSPS) is 10.6. The number of hydrogen-bond acceptors (Lipinski definition) is 4. The molecule has 2 N–H and O–H groups in total. The Morgan fingerprint density at radius 1 is 1.25 bits per heavy atom. The minimum atomic E-state index is -0.0734. The second-order valence-electron chi connectivity index (χ2n) is 4.83. The van der Waals surface area contributed by atoms with Crippen molar-refractivity contribution in [3.05, 3.63) is 36.4 Å². The van der Waals surface area contributed by atoms with E-state index in [1.54, 1.807) is 6.33 Å². The molecule has 20 heavy (non-hydrogen) atoms. The lowest BCUT2D eigenvalue weighted by Crippen LogP contribution is -2.12. The van der Waals surface area contributed by atoms with Crippen molar-refractivity contribution in [2.45, 2.75) is 33.4 Å². The van der Waals surface area contributed by atoms with Gasteiger partial charge in [0.25, 0.3) is 0 Å². The van der Waals surface area contributed by atoms with Crippen LogP contribution in [0.25, 0.3) is 0 Å². The maximum atomic E-state index is 10.9. The number of amides is 1. The van der Waals surface area contributed by atoms with E-state index in [0.717, 1.165) is 17.2 Å². The standard InChI is InChI=1S/C14H19N5O/c1-10(2)19-14(16-9-17-19)8-15-12-4-6-13(7-5-12)18-11(3)20/h4-7,9-10,15H,8H2,1-3H3,(H,18,20). The number of nitrogens with zero attached hydrogens (tertiary/aromatic N) is 3. The summed E-state index contributed by atoms with van der Waals surface area (Å²) in [5.74, 6) is 0.821. The average Bonchev–Trinajstić information content (AvgIpc) is 2.86. The third-order valence-corrected chi connectivity index (χ3v) is 2.79. The molecule has 2 rings (SSSR count). The summed E-state index contributed by atoms with van der Waals surface area (Å²) in [5, 5.41) is 10.2. The molecule has 0 saturated heterocycles. The van der Waals surface area contributed by atoms with Gasteiger partial charge in [-0.15, -0.1) is 0 Å². The highest BCUT2D eigenvalue weighted by molar-refractivity contribution is 5.88. The maximum absolute atomic E-state index is 10.9. The van der Waals surface area contributed by atoms with Gasteiger partial charge in [-0.2, -0.15) is 5.10 Å². The Labute approximate surface area is 118 Å². The molecule has 6 nitrogen and oxygen atoms in total. The summed E-state index contributed by atoms with van der Waals surface area (Å²) in [4.78, 5) is 15.2. The van der Waals surface area contributed by atoms with E-state index >= 15 is 0 Å². The molecule has 0 bridgehead atoms. The molecule has 1 amide bonds. The summed E-state index contributed by atoms with van der Waals surface area (Å²) in [6.07, 6.45) is 1.57. The van der Waals surface area contributed by atoms with Gasteiger partial charge in [-0.1, -0.05) is 0 Å². The largest absolute Gasteiger partial charge is 0.378 e. The van der Waals surface area contributed by atoms with E-state index in [0.29, 0.717) is 6.54 Å². The number of aromatic nitrogens is 3. The molecule has 0 aliphatic heterocycles. The summed E-state index contributed by atoms with van der Waals surface area (Å²) in [6.45, 7) is 6.24. The lowest BCUT2D eigenvalue weighted by Gasteiger charge is -2.11. The monoisotopic (exact) mass is 273 g/mol. The highest BCUT2D eigenvalue weighted by atomic mass is 16.1. The van der Waals surface area contributed by atoms with Gasteiger partial charge >= 0.3 is 0 Å². The zero-order chi connectivity index (χ0) is 14.5. The minimum absolute atomic E-state index is 0.0734. The zero-order valence-corrected chi connectivity index (χ0v) is 11.9. The molecule has 0 aliphatic carbocycles. The van der Waals surface area contributed by atoms with Crippen LogP contribution in [-0.2, 0) is 11.3 Å². The Balaban J connectivity index is 1.97. The quantitative estimate of drug-likeness (QED) is 0.877. The summed E-state index contributed by atoms with van der Waals surface area (Å²) in [5.41, 5.74) is 1.76. The molecule has 0 unspecified atom stereocenters. The SMILES string of the molecule is CC(=O)Nc1ccc(NCc2ncnn2C(C)C)cc1. The lowest BCUT2D eigenvalue weighted by atomic mass is 10.2. The van der Waals surface area contributed by atoms with E-state index in [9.17, 15) is 4.79 Å². The lowest BCUT2D eigenvalue weighted by molar-refractivity contribution is -0.114. The highest BCUT2D eigenvalue weighted by Crippen LogP contribution is 2.14. The summed E-state index contributed by atoms with van der Waals surface area (Å²) < 4.78 is 1.89. The van der Waals surface area contributed by atoms with Crippen LogP contribution >= 0.6 is 0 Å². The van der Waals surface area contributed by atoms with Crippen molar-refractivity contribution in [1.82, 2.24) is 14.8 Å². The number of carbonyl (C=O) groups excluding carboxylic acids is 1. The number of benzene rings is 1. The Kier molecular flexibility index (Phi) is 4.34. The third-order valence-electron chi connectivity index (χ3n) is 2.79. The third kappa shape index (κ3) is 3.57. The van der Waals surface area contributed by atoms with E-state index in [-0.39, 0.29) is 11.9 Å². The van der Waals surface area contributed by atoms with Gasteiger partial charge in [-0.3, -0.25) is 4.79 Å². The molecular weight excluding hydrogens is 254 g/mol. The number of nitrogens with one attached hydrogen (secondary N) is 2. The van der Waals surface area contributed by atoms with E-state index in [4.69, 9.17) is 0 Å². The molecule has 0 aliphatic rings. The number of anilines is 2. The first kappa shape index (κ1) is 14.0. The van der Waals surface area contributed by atoms with Crippen LogP contribution in [0.2, 0.25) is 0 Å². The second kappa shape index (κ2) is 6.18. The van der Waals surface area contributed by atoms with Crippen LogP contribution in [0.1, 0.15) is 32.6 Å². The van der Waals surface area contributed by atoms with Crippen LogP contribution < -0.4 is 10.6 Å². The zero-order valence-electron chi connectivity index (χ0n) is 11.9. The van der Waals surface area contributed by atoms with Crippen LogP contribution in [0.5, 0.6) is 0 Å². The Bertz CT molecular complexity index is 574. The number of carbonyl (C=O) groups is 1. The van der Waals surface area contributed by atoms with Crippen LogP contribution in [0.3, 0.4) is 0 Å². The summed E-state index contributed by atoms with van der Waals surface area (Å²) in [6, 6.07) is 7.84. The number of rotatable bonds is 5. The summed E-state index contributed by atoms with van der Waals surface area (Å²) in [7, 11) is 0. The van der Waals surface area contributed by atoms with Crippen molar-refractivity contribution in [1.29, 1.82) is 0 Å².